The molecule has 1 aliphatic rings. The van der Waals surface area contributed by atoms with Crippen LogP contribution in [0.25, 0.3) is 55.9 Å². The average molecular weight is 854 g/mol. The van der Waals surface area contributed by atoms with Crippen molar-refractivity contribution in [2.75, 3.05) is 0 Å². The molecule has 0 aliphatic heterocycles. The third-order valence-electron chi connectivity index (χ3n) is 10.2. The van der Waals surface area contributed by atoms with Gasteiger partial charge < -0.3 is 9.97 Å². The largest absolute Gasteiger partial charge is 0.305 e. The van der Waals surface area contributed by atoms with Crippen molar-refractivity contribution in [3.63, 3.8) is 0 Å². The van der Waals surface area contributed by atoms with Crippen molar-refractivity contribution in [1.29, 1.82) is 0 Å². The third kappa shape index (κ3) is 8.07. The molecule has 0 bridgehead atoms. The first-order chi connectivity index (χ1) is 26.3. The van der Waals surface area contributed by atoms with Crippen molar-refractivity contribution >= 4 is 0 Å². The summed E-state index contributed by atoms with van der Waals surface area (Å²) >= 11 is 0. The van der Waals surface area contributed by atoms with E-state index in [0.717, 1.165) is 41.1 Å². The van der Waals surface area contributed by atoms with Crippen molar-refractivity contribution in [2.24, 2.45) is 0 Å². The Balaban J connectivity index is 0.00000465. The first kappa shape index (κ1) is 31.8. The van der Waals surface area contributed by atoms with E-state index >= 15 is 0 Å². The second kappa shape index (κ2) is 16.2. The number of benzene rings is 5. The molecule has 2 nitrogen and oxygen atoms in total. The Labute approximate surface area is 326 Å². The molecule has 0 unspecified atom stereocenters. The van der Waals surface area contributed by atoms with E-state index < -0.39 is 6.85 Å². The van der Waals surface area contributed by atoms with Gasteiger partial charge in [0, 0.05) is 36.6 Å². The molecule has 2 aromatic heterocycles. The van der Waals surface area contributed by atoms with E-state index in [-0.39, 0.29) is 25.7 Å². The molecule has 1 saturated carbocycles. The van der Waals surface area contributed by atoms with Crippen LogP contribution < -0.4 is 0 Å². The molecule has 52 heavy (non-hydrogen) atoms. The van der Waals surface area contributed by atoms with Gasteiger partial charge >= 0.3 is 0 Å². The Bertz CT molecular complexity index is 2360. The van der Waals surface area contributed by atoms with E-state index in [2.05, 4.69) is 127 Å². The number of nitrogens with zero attached hydrogens (tertiary/aromatic N) is 2. The molecule has 0 spiro atoms. The summed E-state index contributed by atoms with van der Waals surface area (Å²) in [5.74, 6) is 0.719. The molecule has 0 amide bonds. The fraction of sp³-hybridized carbons (Fsp3) is 0.184. The van der Waals surface area contributed by atoms with Crippen LogP contribution in [0, 0.1) is 25.9 Å². The first-order valence-corrected chi connectivity index (χ1v) is 18.0. The fourth-order valence-electron chi connectivity index (χ4n) is 7.48. The van der Waals surface area contributed by atoms with Crippen molar-refractivity contribution in [1.82, 2.24) is 9.97 Å². The predicted octanol–water partition coefficient (Wildman–Crippen LogP) is 12.5. The summed E-state index contributed by atoms with van der Waals surface area (Å²) in [6.45, 7) is 0.00523. The van der Waals surface area contributed by atoms with E-state index in [1.165, 1.54) is 82.0 Å². The molecule has 2 heterocycles. The summed E-state index contributed by atoms with van der Waals surface area (Å²) in [6, 6.07) is 51.7. The van der Waals surface area contributed by atoms with Gasteiger partial charge in [-0.2, -0.15) is 0 Å². The SMILES string of the molecule is [2H]C([2H])([2H])c1ccc(-c2[c-]cc(CCc3cc(C)cc(-c4ccccc4-c4c[c-]c(-c5cc(-c6ccc(C7CCCC7)cc6)ccn5)cc4)c3)cc2)nc1.[Ir]. The van der Waals surface area contributed by atoms with Crippen LogP contribution in [0.1, 0.15) is 63.5 Å². The molecule has 259 valence electrons. The standard InChI is InChI=1S/C49H42N2.Ir/c1-34-11-26-48(51-33-34)42-16-14-36(15-17-42)12-13-37-29-35(2)30-45(31-37)47-10-6-5-9-46(47)41-22-24-43(25-23-41)49-32-44(27-28-50-49)40-20-18-39(19-21-40)38-7-3-4-8-38;/h5-6,9-11,14-16,18-24,26-33,38H,3-4,7-8,12-13H2,1-2H3;/q-2;/i1D3;. The quantitative estimate of drug-likeness (QED) is 0.135. The molecule has 1 fully saturated rings. The summed E-state index contributed by atoms with van der Waals surface area (Å²) < 4.78 is 22.7. The van der Waals surface area contributed by atoms with Crippen molar-refractivity contribution in [2.45, 2.75) is 58.2 Å². The number of pyridine rings is 2. The maximum atomic E-state index is 7.58. The van der Waals surface area contributed by atoms with Gasteiger partial charge in [0.2, 0.25) is 0 Å². The maximum absolute atomic E-state index is 7.58. The van der Waals surface area contributed by atoms with Crippen LogP contribution >= 0.6 is 0 Å². The molecule has 3 heteroatoms. The van der Waals surface area contributed by atoms with Gasteiger partial charge in [-0.05, 0) is 95.4 Å². The van der Waals surface area contributed by atoms with Crippen LogP contribution in [-0.4, -0.2) is 9.97 Å². The van der Waals surface area contributed by atoms with Crippen LogP contribution in [0.2, 0.25) is 0 Å². The molecule has 0 N–H and O–H groups in total. The number of aromatic nitrogens is 2. The number of aryl methyl sites for hydroxylation is 4. The van der Waals surface area contributed by atoms with E-state index in [1.54, 1.807) is 12.1 Å². The Kier molecular flexibility index (Phi) is 9.87. The summed E-state index contributed by atoms with van der Waals surface area (Å²) in [5.41, 5.74) is 15.9. The van der Waals surface area contributed by atoms with Crippen LogP contribution in [0.15, 0.2) is 140 Å². The van der Waals surface area contributed by atoms with Gasteiger partial charge in [0.05, 0.1) is 0 Å². The zero-order valence-corrected chi connectivity index (χ0v) is 31.7. The number of hydrogen-bond acceptors (Lipinski definition) is 2. The van der Waals surface area contributed by atoms with Gasteiger partial charge in [-0.15, -0.1) is 65.2 Å². The molecule has 1 aliphatic carbocycles. The predicted molar refractivity (Wildman–Crippen MR) is 211 cm³/mol. The average Bonchev–Trinajstić information content (AvgIpc) is 3.76. The monoisotopic (exact) mass is 854 g/mol. The topological polar surface area (TPSA) is 25.8 Å². The summed E-state index contributed by atoms with van der Waals surface area (Å²) in [6.07, 6.45) is 10.4. The van der Waals surface area contributed by atoms with Crippen LogP contribution in [0.3, 0.4) is 0 Å². The van der Waals surface area contributed by atoms with Gasteiger partial charge in [-0.1, -0.05) is 121 Å². The molecule has 0 saturated heterocycles. The molecule has 8 rings (SSSR count). The Morgan fingerprint density at radius 3 is 2.06 bits per heavy atom. The zero-order chi connectivity index (χ0) is 37.1. The Morgan fingerprint density at radius 1 is 0.615 bits per heavy atom. The van der Waals surface area contributed by atoms with E-state index in [4.69, 9.17) is 9.10 Å². The second-order valence-electron chi connectivity index (χ2n) is 13.8. The van der Waals surface area contributed by atoms with Gasteiger partial charge in [0.25, 0.3) is 0 Å². The van der Waals surface area contributed by atoms with Gasteiger partial charge in [0.1, 0.15) is 0 Å². The van der Waals surface area contributed by atoms with Crippen LogP contribution in [0.5, 0.6) is 0 Å². The minimum absolute atomic E-state index is 0. The van der Waals surface area contributed by atoms with E-state index in [0.29, 0.717) is 5.69 Å². The van der Waals surface area contributed by atoms with Crippen molar-refractivity contribution in [3.8, 4) is 55.9 Å². The van der Waals surface area contributed by atoms with E-state index in [1.807, 2.05) is 18.3 Å². The molecular formula is C49H42IrN2-2. The molecule has 5 aromatic carbocycles. The van der Waals surface area contributed by atoms with Gasteiger partial charge in [0.15, 0.2) is 0 Å². The van der Waals surface area contributed by atoms with Gasteiger partial charge in [-0.25, -0.2) is 0 Å². The maximum Gasteiger partial charge on any atom is 0.0280 e. The Morgan fingerprint density at radius 2 is 1.35 bits per heavy atom. The minimum Gasteiger partial charge on any atom is -0.305 e. The smallest absolute Gasteiger partial charge is 0.0280 e. The normalized spacial score (nSPS) is 13.9. The molecule has 1 radical (unpaired) electrons. The zero-order valence-electron chi connectivity index (χ0n) is 32.3. The minimum atomic E-state index is -2.16. The second-order valence-corrected chi connectivity index (χ2v) is 13.8. The first-order valence-electron chi connectivity index (χ1n) is 19.5. The Hall–Kier alpha value is -4.95. The number of rotatable bonds is 9. The third-order valence-corrected chi connectivity index (χ3v) is 10.2. The van der Waals surface area contributed by atoms with Gasteiger partial charge in [-0.3, -0.25) is 0 Å². The molecule has 7 aromatic rings. The number of hydrogen-bond donors (Lipinski definition) is 0. The molecular weight excluding hydrogens is 809 g/mol. The summed E-state index contributed by atoms with van der Waals surface area (Å²) in [5, 5.41) is 0. The molecule has 0 atom stereocenters. The van der Waals surface area contributed by atoms with Crippen molar-refractivity contribution < 1.29 is 24.2 Å². The van der Waals surface area contributed by atoms with E-state index in [9.17, 15) is 0 Å². The fourth-order valence-corrected chi connectivity index (χ4v) is 7.48. The van der Waals surface area contributed by atoms with Crippen molar-refractivity contribution in [3.05, 3.63) is 180 Å². The van der Waals surface area contributed by atoms with Crippen LogP contribution in [-0.2, 0) is 32.9 Å². The summed E-state index contributed by atoms with van der Waals surface area (Å²) in [7, 11) is 0. The summed E-state index contributed by atoms with van der Waals surface area (Å²) in [4.78, 5) is 9.08. The van der Waals surface area contributed by atoms with Crippen LogP contribution in [0.4, 0.5) is 0 Å².